The zero-order valence-electron chi connectivity index (χ0n) is 14.7. The quantitative estimate of drug-likeness (QED) is 0.657. The standard InChI is InChI=1S/C22H21N3O/c1-3-4-5-6-10-13-25-21(24-18-11-8-7-9-12-18)14-20(26)19-16-23-15-17(2)22(19)25/h3-12,14-16,24H,1,13H2,2H3/b5-4-,10-6-. The summed E-state index contributed by atoms with van der Waals surface area (Å²) in [5, 5.41) is 3.98. The van der Waals surface area contributed by atoms with Crippen molar-refractivity contribution < 1.29 is 0 Å². The molecule has 3 rings (SSSR count). The fourth-order valence-corrected chi connectivity index (χ4v) is 2.85. The number of fused-ring (bicyclic) bond motifs is 1. The minimum atomic E-state index is -0.0404. The molecule has 4 heteroatoms. The van der Waals surface area contributed by atoms with E-state index in [9.17, 15) is 4.79 Å². The average molecular weight is 343 g/mol. The van der Waals surface area contributed by atoms with Gasteiger partial charge in [0.25, 0.3) is 0 Å². The highest BCUT2D eigenvalue weighted by Gasteiger charge is 2.11. The Morgan fingerprint density at radius 1 is 1.15 bits per heavy atom. The molecular formula is C22H21N3O. The first-order chi connectivity index (χ1) is 12.7. The van der Waals surface area contributed by atoms with Crippen molar-refractivity contribution in [3.63, 3.8) is 0 Å². The lowest BCUT2D eigenvalue weighted by molar-refractivity contribution is 0.856. The molecule has 0 saturated carbocycles. The molecule has 4 nitrogen and oxygen atoms in total. The Hall–Kier alpha value is -3.40. The second-order valence-electron chi connectivity index (χ2n) is 5.90. The zero-order valence-corrected chi connectivity index (χ0v) is 14.7. The number of hydrogen-bond donors (Lipinski definition) is 1. The van der Waals surface area contributed by atoms with Crippen LogP contribution >= 0.6 is 0 Å². The van der Waals surface area contributed by atoms with E-state index in [-0.39, 0.29) is 5.43 Å². The van der Waals surface area contributed by atoms with Gasteiger partial charge in [-0.1, -0.05) is 55.2 Å². The summed E-state index contributed by atoms with van der Waals surface area (Å²) >= 11 is 0. The van der Waals surface area contributed by atoms with Crippen molar-refractivity contribution in [1.29, 1.82) is 0 Å². The number of anilines is 2. The summed E-state index contributed by atoms with van der Waals surface area (Å²) in [6.45, 7) is 6.26. The van der Waals surface area contributed by atoms with E-state index in [2.05, 4.69) is 21.4 Å². The number of nitrogens with one attached hydrogen (secondary N) is 1. The monoisotopic (exact) mass is 343 g/mol. The Morgan fingerprint density at radius 2 is 1.96 bits per heavy atom. The molecule has 0 saturated heterocycles. The number of benzene rings is 1. The van der Waals surface area contributed by atoms with E-state index < -0.39 is 0 Å². The largest absolute Gasteiger partial charge is 0.342 e. The van der Waals surface area contributed by atoms with Crippen LogP contribution in [0.4, 0.5) is 11.5 Å². The van der Waals surface area contributed by atoms with Crippen LogP contribution in [0.3, 0.4) is 0 Å². The van der Waals surface area contributed by atoms with Crippen LogP contribution in [0.1, 0.15) is 5.56 Å². The maximum atomic E-state index is 12.6. The fraction of sp³-hybridized carbons (Fsp3) is 0.0909. The Bertz CT molecular complexity index is 1030. The SMILES string of the molecule is C=C/C=C\C=C/Cn1c(Nc2ccccc2)cc(=O)c2cncc(C)c21. The maximum absolute atomic E-state index is 12.6. The number of allylic oxidation sites excluding steroid dienone is 5. The van der Waals surface area contributed by atoms with Gasteiger partial charge in [0.15, 0.2) is 5.43 Å². The lowest BCUT2D eigenvalue weighted by Crippen LogP contribution is -2.14. The minimum absolute atomic E-state index is 0.0404. The zero-order chi connectivity index (χ0) is 18.4. The van der Waals surface area contributed by atoms with Crippen LogP contribution in [0.2, 0.25) is 0 Å². The van der Waals surface area contributed by atoms with Crippen LogP contribution in [0.5, 0.6) is 0 Å². The molecule has 2 aromatic heterocycles. The van der Waals surface area contributed by atoms with Crippen molar-refractivity contribution in [2.24, 2.45) is 0 Å². The van der Waals surface area contributed by atoms with Crippen LogP contribution in [0.15, 0.2) is 90.5 Å². The highest BCUT2D eigenvalue weighted by Crippen LogP contribution is 2.22. The van der Waals surface area contributed by atoms with Gasteiger partial charge in [-0.25, -0.2) is 0 Å². The third-order valence-electron chi connectivity index (χ3n) is 4.02. The summed E-state index contributed by atoms with van der Waals surface area (Å²) < 4.78 is 2.10. The average Bonchev–Trinajstić information content (AvgIpc) is 2.65. The van der Waals surface area contributed by atoms with Crippen LogP contribution in [0, 0.1) is 6.92 Å². The topological polar surface area (TPSA) is 46.9 Å². The number of aromatic nitrogens is 2. The molecule has 0 unspecified atom stereocenters. The number of pyridine rings is 2. The van der Waals surface area contributed by atoms with Gasteiger partial charge in [-0.3, -0.25) is 9.78 Å². The maximum Gasteiger partial charge on any atom is 0.193 e. The smallest absolute Gasteiger partial charge is 0.193 e. The van der Waals surface area contributed by atoms with Crippen molar-refractivity contribution in [3.05, 3.63) is 102 Å². The lowest BCUT2D eigenvalue weighted by Gasteiger charge is -2.18. The van der Waals surface area contributed by atoms with Gasteiger partial charge >= 0.3 is 0 Å². The first-order valence-electron chi connectivity index (χ1n) is 8.45. The van der Waals surface area contributed by atoms with Crippen molar-refractivity contribution in [3.8, 4) is 0 Å². The summed E-state index contributed by atoms with van der Waals surface area (Å²) in [5.74, 6) is 0.750. The summed E-state index contributed by atoms with van der Waals surface area (Å²) in [6.07, 6.45) is 13.0. The van der Waals surface area contributed by atoms with E-state index in [0.717, 1.165) is 22.6 Å². The molecule has 0 spiro atoms. The summed E-state index contributed by atoms with van der Waals surface area (Å²) in [6, 6.07) is 11.5. The molecule has 0 atom stereocenters. The highest BCUT2D eigenvalue weighted by molar-refractivity contribution is 5.83. The van der Waals surface area contributed by atoms with Crippen LogP contribution in [-0.4, -0.2) is 9.55 Å². The molecule has 0 aliphatic heterocycles. The van der Waals surface area contributed by atoms with Crippen molar-refractivity contribution in [2.75, 3.05) is 5.32 Å². The predicted molar refractivity (Wildman–Crippen MR) is 109 cm³/mol. The van der Waals surface area contributed by atoms with E-state index in [1.54, 1.807) is 24.5 Å². The van der Waals surface area contributed by atoms with Gasteiger partial charge in [0.05, 0.1) is 10.9 Å². The normalized spacial score (nSPS) is 11.4. The molecule has 130 valence electrons. The molecule has 0 radical (unpaired) electrons. The van der Waals surface area contributed by atoms with Crippen molar-refractivity contribution in [2.45, 2.75) is 13.5 Å². The Morgan fingerprint density at radius 3 is 2.73 bits per heavy atom. The second kappa shape index (κ2) is 8.12. The molecule has 0 fully saturated rings. The van der Waals surface area contributed by atoms with Crippen molar-refractivity contribution >= 4 is 22.4 Å². The van der Waals surface area contributed by atoms with Gasteiger partial charge in [-0.05, 0) is 24.6 Å². The predicted octanol–water partition coefficient (Wildman–Crippen LogP) is 4.75. The Balaban J connectivity index is 2.12. The van der Waals surface area contributed by atoms with Gasteiger partial charge in [0, 0.05) is 30.7 Å². The Kier molecular flexibility index (Phi) is 5.44. The molecule has 0 bridgehead atoms. The number of para-hydroxylation sites is 1. The number of rotatable bonds is 6. The number of hydrogen-bond acceptors (Lipinski definition) is 3. The minimum Gasteiger partial charge on any atom is -0.342 e. The van der Waals surface area contributed by atoms with Gasteiger partial charge in [0.1, 0.15) is 5.82 Å². The Labute approximate surface area is 152 Å². The van der Waals surface area contributed by atoms with E-state index in [1.807, 2.05) is 61.6 Å². The first-order valence-corrected chi connectivity index (χ1v) is 8.45. The molecular weight excluding hydrogens is 322 g/mol. The molecule has 0 amide bonds. The third kappa shape index (κ3) is 3.81. The van der Waals surface area contributed by atoms with E-state index in [1.165, 1.54) is 0 Å². The molecule has 26 heavy (non-hydrogen) atoms. The van der Waals surface area contributed by atoms with Gasteiger partial charge < -0.3 is 9.88 Å². The highest BCUT2D eigenvalue weighted by atomic mass is 16.1. The van der Waals surface area contributed by atoms with E-state index >= 15 is 0 Å². The van der Waals surface area contributed by atoms with Crippen molar-refractivity contribution in [1.82, 2.24) is 9.55 Å². The van der Waals surface area contributed by atoms with E-state index in [4.69, 9.17) is 0 Å². The number of aryl methyl sites for hydroxylation is 1. The summed E-state index contributed by atoms with van der Waals surface area (Å²) in [4.78, 5) is 16.8. The molecule has 2 heterocycles. The molecule has 0 aliphatic rings. The molecule has 1 N–H and O–H groups in total. The summed E-state index contributed by atoms with van der Waals surface area (Å²) in [7, 11) is 0. The first kappa shape index (κ1) is 17.4. The van der Waals surface area contributed by atoms with Gasteiger partial charge in [-0.15, -0.1) is 0 Å². The second-order valence-corrected chi connectivity index (χ2v) is 5.90. The summed E-state index contributed by atoms with van der Waals surface area (Å²) in [5.41, 5.74) is 2.75. The van der Waals surface area contributed by atoms with Crippen LogP contribution in [-0.2, 0) is 6.54 Å². The third-order valence-corrected chi connectivity index (χ3v) is 4.02. The number of nitrogens with zero attached hydrogens (tertiary/aromatic N) is 2. The molecule has 0 aliphatic carbocycles. The molecule has 1 aromatic carbocycles. The van der Waals surface area contributed by atoms with Crippen LogP contribution < -0.4 is 10.7 Å². The fourth-order valence-electron chi connectivity index (χ4n) is 2.85. The lowest BCUT2D eigenvalue weighted by atomic mass is 10.1. The van der Waals surface area contributed by atoms with Gasteiger partial charge in [-0.2, -0.15) is 0 Å². The van der Waals surface area contributed by atoms with Crippen LogP contribution in [0.25, 0.3) is 10.9 Å². The van der Waals surface area contributed by atoms with E-state index in [0.29, 0.717) is 11.9 Å². The molecule has 3 aromatic rings. The van der Waals surface area contributed by atoms with Gasteiger partial charge in [0.2, 0.25) is 0 Å².